The van der Waals surface area contributed by atoms with Crippen molar-refractivity contribution < 1.29 is 23.4 Å². The van der Waals surface area contributed by atoms with Gasteiger partial charge in [-0.3, -0.25) is 4.79 Å². The van der Waals surface area contributed by atoms with Gasteiger partial charge in [0.1, 0.15) is 5.82 Å². The van der Waals surface area contributed by atoms with Crippen LogP contribution in [0.5, 0.6) is 6.01 Å². The molecule has 2 aromatic heterocycles. The van der Waals surface area contributed by atoms with E-state index in [2.05, 4.69) is 20.3 Å². The molecule has 2 fully saturated rings. The smallest absolute Gasteiger partial charge is 0.316 e. The highest BCUT2D eigenvalue weighted by atomic mass is 19.1. The van der Waals surface area contributed by atoms with Gasteiger partial charge >= 0.3 is 6.01 Å². The maximum atomic E-state index is 13.6. The zero-order valence-corrected chi connectivity index (χ0v) is 20.4. The van der Waals surface area contributed by atoms with Crippen LogP contribution in [0.25, 0.3) is 22.6 Å². The Kier molecular flexibility index (Phi) is 6.97. The van der Waals surface area contributed by atoms with Gasteiger partial charge in [0, 0.05) is 18.3 Å². The highest BCUT2D eigenvalue weighted by Crippen LogP contribution is 2.36. The summed E-state index contributed by atoms with van der Waals surface area (Å²) in [5.74, 6) is 0.614. The average Bonchev–Trinajstić information content (AvgIpc) is 3.63. The standard InChI is InChI=1S/C26H30FN5O4/c1-3-12-34-25-28-11-10-19(30-25)21-20(17-6-8-18(27)9-7-17)31-22(32-21)23-35-14-26(2,15-36-23)24(33)29-13-16-4-5-16/h6-11,16,23H,3-5,12-15H2,1-2H3,(H,29,33)(H,31,32). The van der Waals surface area contributed by atoms with Crippen LogP contribution < -0.4 is 10.1 Å². The maximum absolute atomic E-state index is 13.6. The summed E-state index contributed by atoms with van der Waals surface area (Å²) in [6, 6.07) is 8.06. The fraction of sp³-hybridized carbons (Fsp3) is 0.462. The molecule has 1 saturated carbocycles. The highest BCUT2D eigenvalue weighted by molar-refractivity contribution is 5.82. The van der Waals surface area contributed by atoms with E-state index in [1.807, 2.05) is 13.8 Å². The van der Waals surface area contributed by atoms with E-state index in [1.54, 1.807) is 24.4 Å². The number of halogens is 1. The van der Waals surface area contributed by atoms with Crippen molar-refractivity contribution >= 4 is 5.91 Å². The van der Waals surface area contributed by atoms with Crippen LogP contribution in [0.15, 0.2) is 36.5 Å². The summed E-state index contributed by atoms with van der Waals surface area (Å²) in [6.07, 6.45) is 3.99. The number of rotatable bonds is 9. The number of H-pyrrole nitrogens is 1. The van der Waals surface area contributed by atoms with E-state index >= 15 is 0 Å². The zero-order valence-electron chi connectivity index (χ0n) is 20.4. The zero-order chi connectivity index (χ0) is 25.1. The second kappa shape index (κ2) is 10.3. The van der Waals surface area contributed by atoms with Crippen molar-refractivity contribution in [2.45, 2.75) is 39.4 Å². The number of carbonyl (C=O) groups is 1. The number of aromatic nitrogens is 4. The molecular formula is C26H30FN5O4. The molecule has 5 rings (SSSR count). The molecule has 1 aromatic carbocycles. The third-order valence-electron chi connectivity index (χ3n) is 6.29. The first kappa shape index (κ1) is 24.3. The number of nitrogens with one attached hydrogen (secondary N) is 2. The average molecular weight is 496 g/mol. The van der Waals surface area contributed by atoms with E-state index in [0.717, 1.165) is 6.42 Å². The molecule has 10 heteroatoms. The second-order valence-electron chi connectivity index (χ2n) is 9.59. The van der Waals surface area contributed by atoms with Crippen LogP contribution in [0.1, 0.15) is 45.2 Å². The van der Waals surface area contributed by atoms with E-state index in [4.69, 9.17) is 19.2 Å². The van der Waals surface area contributed by atoms with E-state index in [1.165, 1.54) is 25.0 Å². The quantitative estimate of drug-likeness (QED) is 0.461. The summed E-state index contributed by atoms with van der Waals surface area (Å²) in [6.45, 7) is 5.42. The summed E-state index contributed by atoms with van der Waals surface area (Å²) < 4.78 is 31.1. The Labute approximate surface area is 208 Å². The number of benzene rings is 1. The van der Waals surface area contributed by atoms with Crippen molar-refractivity contribution in [2.75, 3.05) is 26.4 Å². The Morgan fingerprint density at radius 3 is 2.64 bits per heavy atom. The Morgan fingerprint density at radius 2 is 1.94 bits per heavy atom. The summed E-state index contributed by atoms with van der Waals surface area (Å²) in [5.41, 5.74) is 1.65. The van der Waals surface area contributed by atoms with Crippen LogP contribution >= 0.6 is 0 Å². The van der Waals surface area contributed by atoms with Gasteiger partial charge in [0.2, 0.25) is 12.2 Å². The molecule has 1 aliphatic heterocycles. The predicted molar refractivity (Wildman–Crippen MR) is 129 cm³/mol. The SMILES string of the molecule is CCCOc1nccc(-c2[nH]c(C3OCC(C)(C(=O)NCC4CC4)CO3)nc2-c2ccc(F)cc2)n1. The van der Waals surface area contributed by atoms with Gasteiger partial charge in [-0.15, -0.1) is 0 Å². The fourth-order valence-electron chi connectivity index (χ4n) is 3.92. The molecule has 0 spiro atoms. The third kappa shape index (κ3) is 5.39. The van der Waals surface area contributed by atoms with Crippen LogP contribution in [0.4, 0.5) is 4.39 Å². The lowest BCUT2D eigenvalue weighted by Crippen LogP contribution is -2.49. The van der Waals surface area contributed by atoms with Crippen molar-refractivity contribution in [3.05, 3.63) is 48.2 Å². The van der Waals surface area contributed by atoms with Crippen LogP contribution in [-0.4, -0.2) is 52.2 Å². The second-order valence-corrected chi connectivity index (χ2v) is 9.59. The van der Waals surface area contributed by atoms with Gasteiger partial charge in [0.05, 0.1) is 42.3 Å². The minimum absolute atomic E-state index is 0.0689. The Bertz CT molecular complexity index is 1200. The minimum atomic E-state index is -0.792. The van der Waals surface area contributed by atoms with E-state index in [9.17, 15) is 9.18 Å². The van der Waals surface area contributed by atoms with Crippen LogP contribution in [0.2, 0.25) is 0 Å². The number of aromatic amines is 1. The van der Waals surface area contributed by atoms with Gasteiger partial charge in [-0.05, 0) is 62.4 Å². The van der Waals surface area contributed by atoms with Gasteiger partial charge < -0.3 is 24.5 Å². The number of nitrogens with zero attached hydrogens (tertiary/aromatic N) is 3. The molecule has 0 unspecified atom stereocenters. The van der Waals surface area contributed by atoms with Gasteiger partial charge in [-0.25, -0.2) is 14.4 Å². The van der Waals surface area contributed by atoms with E-state index < -0.39 is 11.7 Å². The molecule has 9 nitrogen and oxygen atoms in total. The van der Waals surface area contributed by atoms with Crippen molar-refractivity contribution in [1.29, 1.82) is 0 Å². The van der Waals surface area contributed by atoms with Crippen molar-refractivity contribution in [2.24, 2.45) is 11.3 Å². The number of hydrogen-bond acceptors (Lipinski definition) is 7. The number of imidazole rings is 1. The van der Waals surface area contributed by atoms with Crippen LogP contribution in [0, 0.1) is 17.2 Å². The molecule has 2 aliphatic rings. The topological polar surface area (TPSA) is 111 Å². The Hall–Kier alpha value is -3.37. The molecule has 2 N–H and O–H groups in total. The number of hydrogen-bond donors (Lipinski definition) is 2. The lowest BCUT2D eigenvalue weighted by Gasteiger charge is -2.35. The minimum Gasteiger partial charge on any atom is -0.463 e. The number of carbonyl (C=O) groups excluding carboxylic acids is 1. The number of ether oxygens (including phenoxy) is 3. The monoisotopic (exact) mass is 495 g/mol. The molecular weight excluding hydrogens is 465 g/mol. The first-order valence-electron chi connectivity index (χ1n) is 12.3. The molecule has 0 atom stereocenters. The molecule has 0 bridgehead atoms. The van der Waals surface area contributed by atoms with Crippen LogP contribution in [0.3, 0.4) is 0 Å². The molecule has 1 amide bonds. The maximum Gasteiger partial charge on any atom is 0.316 e. The molecule has 36 heavy (non-hydrogen) atoms. The molecule has 190 valence electrons. The van der Waals surface area contributed by atoms with Gasteiger partial charge in [0.25, 0.3) is 0 Å². The fourth-order valence-corrected chi connectivity index (χ4v) is 3.92. The summed E-state index contributed by atoms with van der Waals surface area (Å²) >= 11 is 0. The Balaban J connectivity index is 1.39. The largest absolute Gasteiger partial charge is 0.463 e. The Morgan fingerprint density at radius 1 is 1.19 bits per heavy atom. The van der Waals surface area contributed by atoms with Gasteiger partial charge in [0.15, 0.2) is 5.82 Å². The predicted octanol–water partition coefficient (Wildman–Crippen LogP) is 4.04. The van der Waals surface area contributed by atoms with Gasteiger partial charge in [-0.2, -0.15) is 4.98 Å². The summed E-state index contributed by atoms with van der Waals surface area (Å²) in [7, 11) is 0. The molecule has 3 aromatic rings. The van der Waals surface area contributed by atoms with Crippen LogP contribution in [-0.2, 0) is 14.3 Å². The summed E-state index contributed by atoms with van der Waals surface area (Å²) in [4.78, 5) is 29.4. The molecule has 1 aliphatic carbocycles. The van der Waals surface area contributed by atoms with E-state index in [0.29, 0.717) is 47.5 Å². The first-order chi connectivity index (χ1) is 17.4. The van der Waals surface area contributed by atoms with Crippen molar-refractivity contribution in [3.8, 4) is 28.7 Å². The molecule has 0 radical (unpaired) electrons. The summed E-state index contributed by atoms with van der Waals surface area (Å²) in [5, 5.41) is 3.01. The molecule has 3 heterocycles. The number of amides is 1. The van der Waals surface area contributed by atoms with Gasteiger partial charge in [-0.1, -0.05) is 6.92 Å². The van der Waals surface area contributed by atoms with Crippen molar-refractivity contribution in [1.82, 2.24) is 25.3 Å². The lowest BCUT2D eigenvalue weighted by molar-refractivity contribution is -0.231. The molecule has 1 saturated heterocycles. The first-order valence-corrected chi connectivity index (χ1v) is 12.3. The third-order valence-corrected chi connectivity index (χ3v) is 6.29. The normalized spacial score (nSPS) is 21.8. The lowest BCUT2D eigenvalue weighted by atomic mass is 9.91. The highest BCUT2D eigenvalue weighted by Gasteiger charge is 2.41. The van der Waals surface area contributed by atoms with E-state index in [-0.39, 0.29) is 30.9 Å². The van der Waals surface area contributed by atoms with Crippen molar-refractivity contribution in [3.63, 3.8) is 0 Å².